The van der Waals surface area contributed by atoms with Crippen molar-refractivity contribution in [3.8, 4) is 0 Å². The van der Waals surface area contributed by atoms with Gasteiger partial charge in [0.1, 0.15) is 12.2 Å². The molecule has 24 heavy (non-hydrogen) atoms. The third kappa shape index (κ3) is 6.20. The zero-order valence-electron chi connectivity index (χ0n) is 15.6. The normalized spacial score (nSPS) is 15.5. The quantitative estimate of drug-likeness (QED) is 0.709. The molecule has 0 fully saturated rings. The van der Waals surface area contributed by atoms with Crippen molar-refractivity contribution in [1.29, 1.82) is 0 Å². The molecule has 134 valence electrons. The second-order valence-electron chi connectivity index (χ2n) is 7.31. The average Bonchev–Trinajstić information content (AvgIpc) is 2.50. The van der Waals surface area contributed by atoms with Gasteiger partial charge in [-0.2, -0.15) is 0 Å². The molecule has 0 aliphatic heterocycles. The lowest BCUT2D eigenvalue weighted by molar-refractivity contribution is -0.121. The van der Waals surface area contributed by atoms with Gasteiger partial charge in [0.15, 0.2) is 8.32 Å². The molecule has 3 nitrogen and oxygen atoms in total. The molecular formula is C19H30O3SSi. The largest absolute Gasteiger partial charge is 0.403 e. The predicted octanol–water partition coefficient (Wildman–Crippen LogP) is 4.73. The Morgan fingerprint density at radius 1 is 1.29 bits per heavy atom. The van der Waals surface area contributed by atoms with Crippen LogP contribution in [0.4, 0.5) is 0 Å². The molecule has 1 rings (SSSR count). The van der Waals surface area contributed by atoms with Crippen molar-refractivity contribution in [3.63, 3.8) is 0 Å². The van der Waals surface area contributed by atoms with Crippen molar-refractivity contribution >= 4 is 31.3 Å². The van der Waals surface area contributed by atoms with Gasteiger partial charge in [-0.3, -0.25) is 4.79 Å². The van der Waals surface area contributed by atoms with E-state index in [9.17, 15) is 9.90 Å². The van der Waals surface area contributed by atoms with E-state index in [4.69, 9.17) is 4.43 Å². The Morgan fingerprint density at radius 2 is 1.88 bits per heavy atom. The highest BCUT2D eigenvalue weighted by Crippen LogP contribution is 2.38. The number of carbonyl (C=O) groups is 1. The van der Waals surface area contributed by atoms with E-state index < -0.39 is 20.5 Å². The summed E-state index contributed by atoms with van der Waals surface area (Å²) in [5.41, 5.74) is 0.984. The molecule has 2 atom stereocenters. The first-order valence-corrected chi connectivity index (χ1v) is 12.2. The molecule has 5 heteroatoms. The number of rotatable bonds is 7. The summed E-state index contributed by atoms with van der Waals surface area (Å²) in [6.07, 6.45) is 1.71. The number of aliphatic hydroxyl groups is 1. The summed E-state index contributed by atoms with van der Waals surface area (Å²) < 4.78 is 6.23. The van der Waals surface area contributed by atoms with E-state index in [-0.39, 0.29) is 10.2 Å². The van der Waals surface area contributed by atoms with Crippen LogP contribution in [-0.2, 0) is 9.22 Å². The van der Waals surface area contributed by atoms with E-state index in [1.165, 1.54) is 11.8 Å². The van der Waals surface area contributed by atoms with Gasteiger partial charge in [-0.25, -0.2) is 0 Å². The predicted molar refractivity (Wildman–Crippen MR) is 107 cm³/mol. The molecule has 0 aliphatic rings. The maximum atomic E-state index is 12.5. The topological polar surface area (TPSA) is 46.5 Å². The number of aliphatic hydroxyl groups excluding tert-OH is 1. The molecular weight excluding hydrogens is 336 g/mol. The molecule has 1 aromatic carbocycles. The van der Waals surface area contributed by atoms with E-state index in [1.807, 2.05) is 43.3 Å². The van der Waals surface area contributed by atoms with Crippen LogP contribution in [0.15, 0.2) is 36.4 Å². The van der Waals surface area contributed by atoms with Gasteiger partial charge >= 0.3 is 0 Å². The van der Waals surface area contributed by atoms with E-state index in [0.29, 0.717) is 5.75 Å². The molecule has 1 N–H and O–H groups in total. The number of benzene rings is 1. The minimum Gasteiger partial charge on any atom is -0.403 e. The number of hydrogen-bond donors (Lipinski definition) is 1. The van der Waals surface area contributed by atoms with E-state index in [2.05, 4.69) is 33.9 Å². The summed E-state index contributed by atoms with van der Waals surface area (Å²) in [5.74, 6) is 0.672. The molecule has 0 bridgehead atoms. The van der Waals surface area contributed by atoms with E-state index in [0.717, 1.165) is 5.56 Å². The SMILES string of the molecule is CCSC(=O)[C@H](O[Si](C)(C)C(C)(C)C)[C@@H](O)/C=C/c1ccccc1. The zero-order chi connectivity index (χ0) is 18.4. The third-order valence-electron chi connectivity index (χ3n) is 4.34. The van der Waals surface area contributed by atoms with Crippen molar-refractivity contribution in [1.82, 2.24) is 0 Å². The summed E-state index contributed by atoms with van der Waals surface area (Å²) in [6, 6.07) is 9.73. The molecule has 0 unspecified atom stereocenters. The van der Waals surface area contributed by atoms with Crippen LogP contribution in [0.2, 0.25) is 18.1 Å². The van der Waals surface area contributed by atoms with Crippen LogP contribution < -0.4 is 0 Å². The number of hydrogen-bond acceptors (Lipinski definition) is 4. The van der Waals surface area contributed by atoms with Crippen LogP contribution in [0.1, 0.15) is 33.3 Å². The zero-order valence-corrected chi connectivity index (χ0v) is 17.4. The standard InChI is InChI=1S/C19H30O3SSi/c1-7-23-18(21)17(22-24(5,6)19(2,3)4)16(20)14-13-15-11-9-8-10-12-15/h8-14,16-17,20H,7H2,1-6H3/b14-13+/t16-,17+/m0/s1. The first-order chi connectivity index (χ1) is 11.1. The molecule has 0 spiro atoms. The minimum atomic E-state index is -2.16. The molecule has 1 aromatic rings. The first-order valence-electron chi connectivity index (χ1n) is 8.34. The van der Waals surface area contributed by atoms with Crippen molar-refractivity contribution < 1.29 is 14.3 Å². The van der Waals surface area contributed by atoms with Gasteiger partial charge in [-0.15, -0.1) is 0 Å². The van der Waals surface area contributed by atoms with Crippen LogP contribution >= 0.6 is 11.8 Å². The summed E-state index contributed by atoms with van der Waals surface area (Å²) in [4.78, 5) is 12.5. The van der Waals surface area contributed by atoms with Crippen molar-refractivity contribution in [2.24, 2.45) is 0 Å². The lowest BCUT2D eigenvalue weighted by atomic mass is 10.1. The smallest absolute Gasteiger partial charge is 0.219 e. The van der Waals surface area contributed by atoms with Gasteiger partial charge in [0.05, 0.1) is 0 Å². The highest BCUT2D eigenvalue weighted by molar-refractivity contribution is 8.13. The summed E-state index contributed by atoms with van der Waals surface area (Å²) in [7, 11) is -2.16. The van der Waals surface area contributed by atoms with Crippen LogP contribution in [0, 0.1) is 0 Å². The van der Waals surface area contributed by atoms with Crippen LogP contribution in [0.25, 0.3) is 6.08 Å². The minimum absolute atomic E-state index is 0.0225. The Balaban J connectivity index is 2.96. The highest BCUT2D eigenvalue weighted by Gasteiger charge is 2.42. The van der Waals surface area contributed by atoms with Crippen LogP contribution in [0.5, 0.6) is 0 Å². The fraction of sp³-hybridized carbons (Fsp3) is 0.526. The summed E-state index contributed by atoms with van der Waals surface area (Å²) in [5, 5.41) is 10.4. The van der Waals surface area contributed by atoms with Crippen LogP contribution in [0.3, 0.4) is 0 Å². The third-order valence-corrected chi connectivity index (χ3v) is 9.60. The molecule has 0 radical (unpaired) electrons. The van der Waals surface area contributed by atoms with Gasteiger partial charge in [-0.05, 0) is 29.4 Å². The van der Waals surface area contributed by atoms with Crippen LogP contribution in [-0.4, -0.2) is 36.5 Å². The van der Waals surface area contributed by atoms with Crippen molar-refractivity contribution in [3.05, 3.63) is 42.0 Å². The van der Waals surface area contributed by atoms with Gasteiger partial charge < -0.3 is 9.53 Å². The Kier molecular flexibility index (Phi) is 7.93. The Labute approximate surface area is 151 Å². The van der Waals surface area contributed by atoms with Crippen molar-refractivity contribution in [2.45, 2.75) is 58.0 Å². The van der Waals surface area contributed by atoms with E-state index in [1.54, 1.807) is 6.08 Å². The molecule has 0 heterocycles. The lowest BCUT2D eigenvalue weighted by Crippen LogP contribution is -2.49. The van der Waals surface area contributed by atoms with Gasteiger partial charge in [-0.1, -0.05) is 81.9 Å². The Hall–Kier alpha value is -0.883. The number of carbonyl (C=O) groups excluding carboxylic acids is 1. The van der Waals surface area contributed by atoms with Gasteiger partial charge in [0.25, 0.3) is 0 Å². The average molecular weight is 367 g/mol. The highest BCUT2D eigenvalue weighted by atomic mass is 32.2. The van der Waals surface area contributed by atoms with E-state index >= 15 is 0 Å². The lowest BCUT2D eigenvalue weighted by Gasteiger charge is -2.39. The van der Waals surface area contributed by atoms with Gasteiger partial charge in [0, 0.05) is 0 Å². The second kappa shape index (κ2) is 8.99. The Morgan fingerprint density at radius 3 is 2.38 bits per heavy atom. The Bertz CT molecular complexity index is 549. The molecule has 0 saturated heterocycles. The molecule has 0 amide bonds. The monoisotopic (exact) mass is 366 g/mol. The first kappa shape index (κ1) is 21.2. The second-order valence-corrected chi connectivity index (χ2v) is 13.3. The number of thioether (sulfide) groups is 1. The summed E-state index contributed by atoms with van der Waals surface area (Å²) in [6.45, 7) is 12.5. The molecule has 0 aliphatic carbocycles. The van der Waals surface area contributed by atoms with Crippen molar-refractivity contribution in [2.75, 3.05) is 5.75 Å². The maximum absolute atomic E-state index is 12.5. The molecule has 0 saturated carbocycles. The molecule has 0 aromatic heterocycles. The summed E-state index contributed by atoms with van der Waals surface area (Å²) >= 11 is 1.21. The maximum Gasteiger partial charge on any atom is 0.219 e. The van der Waals surface area contributed by atoms with Gasteiger partial charge in [0.2, 0.25) is 5.12 Å². The fourth-order valence-electron chi connectivity index (χ4n) is 1.85. The fourth-order valence-corrected chi connectivity index (χ4v) is 3.81.